The zero-order valence-corrected chi connectivity index (χ0v) is 17.3. The van der Waals surface area contributed by atoms with Gasteiger partial charge in [-0.3, -0.25) is 9.78 Å². The van der Waals surface area contributed by atoms with Gasteiger partial charge in [0.05, 0.1) is 11.3 Å². The van der Waals surface area contributed by atoms with E-state index in [4.69, 9.17) is 16.5 Å². The van der Waals surface area contributed by atoms with Gasteiger partial charge >= 0.3 is 0 Å². The first-order valence-corrected chi connectivity index (χ1v) is 9.43. The van der Waals surface area contributed by atoms with E-state index in [1.807, 2.05) is 62.4 Å². The Bertz CT molecular complexity index is 1050. The largest absolute Gasteiger partial charge is 0.366 e. The second-order valence-corrected chi connectivity index (χ2v) is 7.22. The van der Waals surface area contributed by atoms with Crippen molar-refractivity contribution in [1.29, 1.82) is 0 Å². The number of nitrogens with zero attached hydrogens (tertiary/aromatic N) is 2. The van der Waals surface area contributed by atoms with Gasteiger partial charge in [0.1, 0.15) is 5.60 Å². The zero-order valence-electron chi connectivity index (χ0n) is 16.5. The van der Waals surface area contributed by atoms with Crippen molar-refractivity contribution in [2.24, 2.45) is 0 Å². The molecule has 0 radical (unpaired) electrons. The highest BCUT2D eigenvalue weighted by Crippen LogP contribution is 2.33. The van der Waals surface area contributed by atoms with Crippen LogP contribution < -0.4 is 4.42 Å². The maximum absolute atomic E-state index is 12.7. The molecule has 4 nitrogen and oxygen atoms in total. The van der Waals surface area contributed by atoms with Gasteiger partial charge in [0.25, 0.3) is 5.91 Å². The van der Waals surface area contributed by atoms with E-state index in [9.17, 15) is 4.79 Å². The molecule has 146 valence electrons. The number of halogens is 1. The highest BCUT2D eigenvalue weighted by Gasteiger charge is 2.19. The van der Waals surface area contributed by atoms with Crippen molar-refractivity contribution in [3.63, 3.8) is 0 Å². The van der Waals surface area contributed by atoms with Gasteiger partial charge < -0.3 is 4.74 Å². The van der Waals surface area contributed by atoms with E-state index in [1.165, 1.54) is 6.20 Å². The molecule has 2 aromatic carbocycles. The number of para-hydroxylation sites is 1. The number of hydrogen-bond acceptors (Lipinski definition) is 3. The molecule has 0 aliphatic rings. The molecule has 1 amide bonds. The minimum atomic E-state index is -0.503. The van der Waals surface area contributed by atoms with Crippen LogP contribution in [0.1, 0.15) is 29.8 Å². The lowest BCUT2D eigenvalue weighted by Crippen LogP contribution is -2.21. The predicted octanol–water partition coefficient (Wildman–Crippen LogP) is 5.33. The molecule has 3 aromatic rings. The van der Waals surface area contributed by atoms with Crippen molar-refractivity contribution in [1.82, 2.24) is 4.98 Å². The summed E-state index contributed by atoms with van der Waals surface area (Å²) in [4.78, 5) is 16.7. The summed E-state index contributed by atoms with van der Waals surface area (Å²) >= 11 is 6.41. The number of rotatable bonds is 4. The Hall–Kier alpha value is -3.13. The van der Waals surface area contributed by atoms with E-state index in [1.54, 1.807) is 25.4 Å². The average Bonchev–Trinajstić information content (AvgIpc) is 2.78. The number of amides is 1. The predicted molar refractivity (Wildman–Crippen MR) is 117 cm³/mol. The van der Waals surface area contributed by atoms with Crippen molar-refractivity contribution < 1.29 is 9.53 Å². The van der Waals surface area contributed by atoms with Crippen LogP contribution in [0.4, 0.5) is 5.69 Å². The van der Waals surface area contributed by atoms with E-state index in [-0.39, 0.29) is 5.91 Å². The molecule has 29 heavy (non-hydrogen) atoms. The minimum Gasteiger partial charge on any atom is -0.366 e. The standard InChI is InChI=1S/C24H21ClN2O2/c1-24(2,29-3)15-14-18-10-12-19(13-11-18)21-8-4-5-9-22(21)27(25)23(28)20-7-6-16-26-17-20/h4-13,16-17H,1-3H3. The Morgan fingerprint density at radius 1 is 1.07 bits per heavy atom. The summed E-state index contributed by atoms with van der Waals surface area (Å²) in [5.41, 5.74) is 3.17. The third kappa shape index (κ3) is 5.03. The molecule has 5 heteroatoms. The molecule has 0 bridgehead atoms. The number of pyridine rings is 1. The highest BCUT2D eigenvalue weighted by molar-refractivity contribution is 6.40. The third-order valence-corrected chi connectivity index (χ3v) is 4.75. The van der Waals surface area contributed by atoms with Crippen LogP contribution in [0.15, 0.2) is 73.1 Å². The van der Waals surface area contributed by atoms with Gasteiger partial charge in [0, 0.05) is 42.4 Å². The number of carbonyl (C=O) groups is 1. The van der Waals surface area contributed by atoms with Gasteiger partial charge in [-0.05, 0) is 49.7 Å². The van der Waals surface area contributed by atoms with E-state index in [0.717, 1.165) is 21.1 Å². The Kier molecular flexibility index (Phi) is 6.33. The van der Waals surface area contributed by atoms with E-state index in [0.29, 0.717) is 11.3 Å². The monoisotopic (exact) mass is 404 g/mol. The maximum Gasteiger partial charge on any atom is 0.274 e. The first kappa shape index (κ1) is 20.6. The van der Waals surface area contributed by atoms with Gasteiger partial charge in [-0.25, -0.2) is 4.42 Å². The van der Waals surface area contributed by atoms with Crippen LogP contribution in [-0.4, -0.2) is 23.6 Å². The number of carbonyl (C=O) groups excluding carboxylic acids is 1. The van der Waals surface area contributed by atoms with Gasteiger partial charge in [-0.1, -0.05) is 42.2 Å². The number of hydrogen-bond donors (Lipinski definition) is 0. The van der Waals surface area contributed by atoms with Gasteiger partial charge in [0.15, 0.2) is 0 Å². The van der Waals surface area contributed by atoms with Crippen LogP contribution in [0.3, 0.4) is 0 Å². The highest BCUT2D eigenvalue weighted by atomic mass is 35.5. The fourth-order valence-electron chi connectivity index (χ4n) is 2.61. The Morgan fingerprint density at radius 2 is 1.79 bits per heavy atom. The quantitative estimate of drug-likeness (QED) is 0.436. The summed E-state index contributed by atoms with van der Waals surface area (Å²) in [6.45, 7) is 3.83. The van der Waals surface area contributed by atoms with Gasteiger partial charge in [-0.2, -0.15) is 0 Å². The van der Waals surface area contributed by atoms with Crippen LogP contribution in [0, 0.1) is 11.8 Å². The maximum atomic E-state index is 12.7. The molecule has 0 aliphatic heterocycles. The van der Waals surface area contributed by atoms with Crippen LogP contribution in [0.5, 0.6) is 0 Å². The second-order valence-electron chi connectivity index (χ2n) is 6.89. The summed E-state index contributed by atoms with van der Waals surface area (Å²) in [5, 5.41) is 0. The van der Waals surface area contributed by atoms with Gasteiger partial charge in [0.2, 0.25) is 0 Å². The molecule has 0 saturated heterocycles. The Balaban J connectivity index is 1.90. The van der Waals surface area contributed by atoms with E-state index < -0.39 is 5.60 Å². The molecule has 0 aliphatic carbocycles. The lowest BCUT2D eigenvalue weighted by atomic mass is 10.0. The zero-order chi connectivity index (χ0) is 20.9. The number of anilines is 1. The normalized spacial score (nSPS) is 10.8. The smallest absolute Gasteiger partial charge is 0.274 e. The molecule has 0 unspecified atom stereocenters. The van der Waals surface area contributed by atoms with Crippen LogP contribution >= 0.6 is 11.8 Å². The van der Waals surface area contributed by atoms with Crippen LogP contribution in [0.25, 0.3) is 11.1 Å². The third-order valence-electron chi connectivity index (χ3n) is 4.42. The number of methoxy groups -OCH3 is 1. The van der Waals surface area contributed by atoms with Crippen molar-refractivity contribution in [2.45, 2.75) is 19.4 Å². The summed E-state index contributed by atoms with van der Waals surface area (Å²) in [5.74, 6) is 5.88. The molecule has 1 heterocycles. The van der Waals surface area contributed by atoms with Crippen molar-refractivity contribution in [3.8, 4) is 23.0 Å². The average molecular weight is 405 g/mol. The fourth-order valence-corrected chi connectivity index (χ4v) is 2.85. The first-order valence-electron chi connectivity index (χ1n) is 9.09. The number of benzene rings is 2. The van der Waals surface area contributed by atoms with E-state index in [2.05, 4.69) is 16.8 Å². The molecular weight excluding hydrogens is 384 g/mol. The summed E-state index contributed by atoms with van der Waals surface area (Å²) in [6.07, 6.45) is 3.11. The van der Waals surface area contributed by atoms with Gasteiger partial charge in [-0.15, -0.1) is 0 Å². The molecule has 3 rings (SSSR count). The number of ether oxygens (including phenoxy) is 1. The minimum absolute atomic E-state index is 0.337. The molecule has 0 N–H and O–H groups in total. The topological polar surface area (TPSA) is 42.4 Å². The van der Waals surface area contributed by atoms with Crippen molar-refractivity contribution in [3.05, 3.63) is 84.2 Å². The Labute approximate surface area is 176 Å². The Morgan fingerprint density at radius 3 is 2.45 bits per heavy atom. The molecule has 0 saturated carbocycles. The SMILES string of the molecule is COC(C)(C)C#Cc1ccc(-c2ccccc2N(Cl)C(=O)c2cccnc2)cc1. The fraction of sp³-hybridized carbons (Fsp3) is 0.167. The van der Waals surface area contributed by atoms with E-state index >= 15 is 0 Å². The molecule has 1 aromatic heterocycles. The van der Waals surface area contributed by atoms with Crippen molar-refractivity contribution in [2.75, 3.05) is 11.5 Å². The number of aromatic nitrogens is 1. The van der Waals surface area contributed by atoms with Crippen LogP contribution in [0.2, 0.25) is 0 Å². The van der Waals surface area contributed by atoms with Crippen LogP contribution in [-0.2, 0) is 4.74 Å². The molecule has 0 fully saturated rings. The molecule has 0 spiro atoms. The molecule has 0 atom stereocenters. The summed E-state index contributed by atoms with van der Waals surface area (Å²) in [7, 11) is 1.64. The lowest BCUT2D eigenvalue weighted by Gasteiger charge is -2.18. The molecular formula is C24H21ClN2O2. The van der Waals surface area contributed by atoms with Crippen molar-refractivity contribution >= 4 is 23.4 Å². The lowest BCUT2D eigenvalue weighted by molar-refractivity contribution is 0.0741. The summed E-state index contributed by atoms with van der Waals surface area (Å²) < 4.78 is 6.45. The first-order chi connectivity index (χ1) is 13.9. The second kappa shape index (κ2) is 8.91. The summed E-state index contributed by atoms with van der Waals surface area (Å²) in [6, 6.07) is 18.7.